The standard InChI is InChI=1S/C24H41BrO2Si/c1-8-10-11-12-13-14-15-22(27-28(6,7)24(3,4)5)20-16-17-23(21(25)19-20)26-18-9-2/h9,16-17,19,22H,2,8,10-15,18H2,1,3-7H3. The van der Waals surface area contributed by atoms with Crippen LogP contribution in [0.3, 0.4) is 0 Å². The van der Waals surface area contributed by atoms with Gasteiger partial charge in [-0.3, -0.25) is 0 Å². The molecule has 1 rings (SSSR count). The first-order valence-electron chi connectivity index (χ1n) is 10.8. The second-order valence-electron chi connectivity index (χ2n) is 9.21. The quantitative estimate of drug-likeness (QED) is 0.163. The maximum atomic E-state index is 6.85. The highest BCUT2D eigenvalue weighted by Gasteiger charge is 2.39. The molecule has 1 aromatic rings. The average molecular weight is 470 g/mol. The summed E-state index contributed by atoms with van der Waals surface area (Å²) >= 11 is 3.67. The van der Waals surface area contributed by atoms with Crippen LogP contribution in [0, 0.1) is 0 Å². The largest absolute Gasteiger partial charge is 0.488 e. The Bertz CT molecular complexity index is 593. The molecular formula is C24H41BrO2Si. The van der Waals surface area contributed by atoms with E-state index in [0.717, 1.165) is 16.6 Å². The van der Waals surface area contributed by atoms with Crippen LogP contribution in [0.2, 0.25) is 18.1 Å². The van der Waals surface area contributed by atoms with E-state index < -0.39 is 8.32 Å². The first-order chi connectivity index (χ1) is 13.1. The van der Waals surface area contributed by atoms with Crippen LogP contribution in [0.1, 0.15) is 84.3 Å². The van der Waals surface area contributed by atoms with E-state index in [9.17, 15) is 0 Å². The maximum absolute atomic E-state index is 6.85. The number of rotatable bonds is 13. The van der Waals surface area contributed by atoms with Crippen molar-refractivity contribution in [2.75, 3.05) is 6.61 Å². The predicted molar refractivity (Wildman–Crippen MR) is 129 cm³/mol. The molecule has 0 saturated carbocycles. The third-order valence-corrected chi connectivity index (χ3v) is 10.9. The molecule has 0 heterocycles. The predicted octanol–water partition coefficient (Wildman–Crippen LogP) is 8.83. The van der Waals surface area contributed by atoms with Gasteiger partial charge in [0.2, 0.25) is 0 Å². The van der Waals surface area contributed by atoms with Crippen LogP contribution in [0.5, 0.6) is 5.75 Å². The Labute approximate surface area is 183 Å². The third kappa shape index (κ3) is 8.42. The van der Waals surface area contributed by atoms with E-state index in [2.05, 4.69) is 75.4 Å². The van der Waals surface area contributed by atoms with Crippen molar-refractivity contribution in [2.24, 2.45) is 0 Å². The van der Waals surface area contributed by atoms with Crippen molar-refractivity contribution in [3.05, 3.63) is 40.9 Å². The number of hydrogen-bond donors (Lipinski definition) is 0. The van der Waals surface area contributed by atoms with Gasteiger partial charge in [0.1, 0.15) is 12.4 Å². The fourth-order valence-electron chi connectivity index (χ4n) is 2.92. The molecule has 160 valence electrons. The average Bonchev–Trinajstić information content (AvgIpc) is 2.61. The molecule has 1 unspecified atom stereocenters. The summed E-state index contributed by atoms with van der Waals surface area (Å²) in [5, 5.41) is 0.205. The van der Waals surface area contributed by atoms with Crippen LogP contribution in [0.25, 0.3) is 0 Å². The second kappa shape index (κ2) is 12.2. The highest BCUT2D eigenvalue weighted by Crippen LogP contribution is 2.42. The molecule has 0 N–H and O–H groups in total. The molecule has 0 radical (unpaired) electrons. The van der Waals surface area contributed by atoms with Gasteiger partial charge in [-0.1, -0.05) is 84.9 Å². The minimum atomic E-state index is -1.84. The van der Waals surface area contributed by atoms with Gasteiger partial charge in [-0.25, -0.2) is 0 Å². The molecule has 2 nitrogen and oxygen atoms in total. The number of ether oxygens (including phenoxy) is 1. The Morgan fingerprint density at radius 2 is 1.75 bits per heavy atom. The van der Waals surface area contributed by atoms with Crippen molar-refractivity contribution in [2.45, 2.75) is 96.9 Å². The van der Waals surface area contributed by atoms with Crippen LogP contribution in [0.15, 0.2) is 35.3 Å². The lowest BCUT2D eigenvalue weighted by Crippen LogP contribution is -2.41. The molecule has 0 saturated heterocycles. The molecule has 0 spiro atoms. The first kappa shape index (κ1) is 25.5. The molecule has 1 atom stereocenters. The summed E-state index contributed by atoms with van der Waals surface area (Å²) in [6, 6.07) is 6.39. The highest BCUT2D eigenvalue weighted by atomic mass is 79.9. The minimum absolute atomic E-state index is 0.150. The Morgan fingerprint density at radius 3 is 2.32 bits per heavy atom. The molecule has 1 aromatic carbocycles. The van der Waals surface area contributed by atoms with Crippen molar-refractivity contribution in [1.82, 2.24) is 0 Å². The van der Waals surface area contributed by atoms with Gasteiger partial charge in [-0.05, 0) is 58.2 Å². The minimum Gasteiger partial charge on any atom is -0.488 e. The van der Waals surface area contributed by atoms with Gasteiger partial charge >= 0.3 is 0 Å². The van der Waals surface area contributed by atoms with Gasteiger partial charge in [0.25, 0.3) is 0 Å². The maximum Gasteiger partial charge on any atom is 0.192 e. The fraction of sp³-hybridized carbons (Fsp3) is 0.667. The Hall–Kier alpha value is -0.583. The van der Waals surface area contributed by atoms with E-state index in [1.165, 1.54) is 44.1 Å². The van der Waals surface area contributed by atoms with Crippen molar-refractivity contribution >= 4 is 24.2 Å². The lowest BCUT2D eigenvalue weighted by atomic mass is 10.0. The van der Waals surface area contributed by atoms with Gasteiger partial charge in [-0.15, -0.1) is 0 Å². The van der Waals surface area contributed by atoms with Crippen LogP contribution < -0.4 is 4.74 Å². The second-order valence-corrected chi connectivity index (χ2v) is 14.8. The van der Waals surface area contributed by atoms with Crippen molar-refractivity contribution < 1.29 is 9.16 Å². The van der Waals surface area contributed by atoms with Gasteiger partial charge in [-0.2, -0.15) is 0 Å². The monoisotopic (exact) mass is 468 g/mol. The molecule has 0 aromatic heterocycles. The number of hydrogen-bond acceptors (Lipinski definition) is 2. The number of halogens is 1. The Morgan fingerprint density at radius 1 is 1.11 bits per heavy atom. The van der Waals surface area contributed by atoms with Gasteiger partial charge in [0.15, 0.2) is 8.32 Å². The summed E-state index contributed by atoms with van der Waals surface area (Å²) in [5.41, 5.74) is 1.25. The van der Waals surface area contributed by atoms with Crippen LogP contribution in [-0.4, -0.2) is 14.9 Å². The van der Waals surface area contributed by atoms with E-state index in [1.807, 2.05) is 6.07 Å². The SMILES string of the molecule is C=CCOc1ccc(C(CCCCCCCC)O[Si](C)(C)C(C)(C)C)cc1Br. The van der Waals surface area contributed by atoms with Gasteiger partial charge < -0.3 is 9.16 Å². The topological polar surface area (TPSA) is 18.5 Å². The molecule has 0 fully saturated rings. The normalized spacial score (nSPS) is 13.4. The van der Waals surface area contributed by atoms with E-state index in [0.29, 0.717) is 6.61 Å². The summed E-state index contributed by atoms with van der Waals surface area (Å²) in [7, 11) is -1.84. The smallest absolute Gasteiger partial charge is 0.192 e. The van der Waals surface area contributed by atoms with Crippen LogP contribution in [0.4, 0.5) is 0 Å². The summed E-state index contributed by atoms with van der Waals surface area (Å²) in [6.45, 7) is 18.1. The number of benzene rings is 1. The summed E-state index contributed by atoms with van der Waals surface area (Å²) in [5.74, 6) is 0.856. The van der Waals surface area contributed by atoms with Crippen LogP contribution in [-0.2, 0) is 4.43 Å². The van der Waals surface area contributed by atoms with E-state index in [-0.39, 0.29) is 11.1 Å². The van der Waals surface area contributed by atoms with Crippen molar-refractivity contribution in [3.63, 3.8) is 0 Å². The lowest BCUT2D eigenvalue weighted by molar-refractivity contribution is 0.169. The van der Waals surface area contributed by atoms with Crippen molar-refractivity contribution in [3.8, 4) is 5.75 Å². The Kier molecular flexibility index (Phi) is 11.1. The summed E-state index contributed by atoms with van der Waals surface area (Å²) in [6.07, 6.45) is 10.8. The molecule has 0 aliphatic carbocycles. The summed E-state index contributed by atoms with van der Waals surface area (Å²) in [4.78, 5) is 0. The first-order valence-corrected chi connectivity index (χ1v) is 14.5. The molecule has 0 amide bonds. The third-order valence-electron chi connectivity index (χ3n) is 5.75. The van der Waals surface area contributed by atoms with Crippen LogP contribution >= 0.6 is 15.9 Å². The molecule has 0 aliphatic heterocycles. The molecule has 28 heavy (non-hydrogen) atoms. The zero-order chi connectivity index (χ0) is 21.2. The zero-order valence-electron chi connectivity index (χ0n) is 18.9. The fourth-order valence-corrected chi connectivity index (χ4v) is 4.75. The molecule has 0 bridgehead atoms. The Balaban J connectivity index is 2.90. The molecule has 4 heteroatoms. The number of unbranched alkanes of at least 4 members (excludes halogenated alkanes) is 5. The van der Waals surface area contributed by atoms with E-state index in [1.54, 1.807) is 6.08 Å². The van der Waals surface area contributed by atoms with Crippen molar-refractivity contribution in [1.29, 1.82) is 0 Å². The highest BCUT2D eigenvalue weighted by molar-refractivity contribution is 9.10. The lowest BCUT2D eigenvalue weighted by Gasteiger charge is -2.39. The zero-order valence-corrected chi connectivity index (χ0v) is 21.5. The van der Waals surface area contributed by atoms with Gasteiger partial charge in [0, 0.05) is 0 Å². The molecular weight excluding hydrogens is 428 g/mol. The molecule has 0 aliphatic rings. The van der Waals surface area contributed by atoms with E-state index >= 15 is 0 Å². The van der Waals surface area contributed by atoms with Gasteiger partial charge in [0.05, 0.1) is 10.6 Å². The van der Waals surface area contributed by atoms with E-state index in [4.69, 9.17) is 9.16 Å². The summed E-state index contributed by atoms with van der Waals surface area (Å²) < 4.78 is 13.6.